The molecule has 1 aromatic carbocycles. The van der Waals surface area contributed by atoms with Crippen molar-refractivity contribution < 1.29 is 0 Å². The molecule has 0 radical (unpaired) electrons. The van der Waals surface area contributed by atoms with Gasteiger partial charge in [0.25, 0.3) is 5.56 Å². The fraction of sp³-hybridized carbons (Fsp3) is 0.150. The smallest absolute Gasteiger partial charge is 0.260 e. The minimum atomic E-state index is 0.0117. The monoisotopic (exact) mass is 315 g/mol. The average molecular weight is 315 g/mol. The first kappa shape index (κ1) is 14.6. The van der Waals surface area contributed by atoms with E-state index in [1.54, 1.807) is 12.4 Å². The minimum Gasteiger partial charge on any atom is -0.307 e. The third kappa shape index (κ3) is 2.19. The van der Waals surface area contributed by atoms with Crippen LogP contribution < -0.4 is 5.56 Å². The van der Waals surface area contributed by atoms with Crippen LogP contribution in [-0.4, -0.2) is 14.5 Å². The lowest BCUT2D eigenvalue weighted by atomic mass is 10.0. The van der Waals surface area contributed by atoms with Crippen molar-refractivity contribution in [3.63, 3.8) is 0 Å². The maximum atomic E-state index is 12.9. The molecule has 0 aliphatic heterocycles. The van der Waals surface area contributed by atoms with Gasteiger partial charge < -0.3 is 4.57 Å². The summed E-state index contributed by atoms with van der Waals surface area (Å²) in [6.07, 6.45) is 4.39. The molecule has 0 N–H and O–H groups in total. The lowest BCUT2D eigenvalue weighted by molar-refractivity contribution is 0.682. The molecule has 4 nitrogen and oxygen atoms in total. The zero-order valence-electron chi connectivity index (χ0n) is 13.4. The molecule has 3 heterocycles. The molecular formula is C20H17N3O. The largest absolute Gasteiger partial charge is 0.307 e. The van der Waals surface area contributed by atoms with Crippen molar-refractivity contribution in [3.05, 3.63) is 71.3 Å². The Morgan fingerprint density at radius 2 is 1.79 bits per heavy atom. The molecule has 0 unspecified atom stereocenters. The Balaban J connectivity index is 2.23. The fourth-order valence-corrected chi connectivity index (χ4v) is 3.20. The molecule has 118 valence electrons. The first-order valence-corrected chi connectivity index (χ1v) is 8.13. The average Bonchev–Trinajstić information content (AvgIpc) is 2.65. The fourth-order valence-electron chi connectivity index (χ4n) is 3.20. The second-order valence-electron chi connectivity index (χ2n) is 5.78. The van der Waals surface area contributed by atoms with E-state index in [1.807, 2.05) is 53.1 Å². The number of hydrogen-bond acceptors (Lipinski definition) is 3. The number of aryl methyl sites for hydroxylation is 1. The summed E-state index contributed by atoms with van der Waals surface area (Å²) in [6, 6.07) is 15.6. The van der Waals surface area contributed by atoms with Crippen molar-refractivity contribution in [2.24, 2.45) is 0 Å². The summed E-state index contributed by atoms with van der Waals surface area (Å²) in [6.45, 7) is 2.75. The van der Waals surface area contributed by atoms with Gasteiger partial charge in [0.05, 0.1) is 27.5 Å². The maximum absolute atomic E-state index is 12.9. The van der Waals surface area contributed by atoms with E-state index in [2.05, 4.69) is 16.9 Å². The van der Waals surface area contributed by atoms with Crippen LogP contribution in [-0.2, 0) is 6.54 Å². The molecule has 4 heteroatoms. The van der Waals surface area contributed by atoms with Gasteiger partial charge in [-0.15, -0.1) is 0 Å². The van der Waals surface area contributed by atoms with Gasteiger partial charge in [-0.1, -0.05) is 37.3 Å². The molecule has 0 aliphatic rings. The highest BCUT2D eigenvalue weighted by Gasteiger charge is 2.15. The van der Waals surface area contributed by atoms with Crippen molar-refractivity contribution in [3.8, 4) is 11.3 Å². The molecular weight excluding hydrogens is 298 g/mol. The quantitative estimate of drug-likeness (QED) is 0.536. The molecule has 0 atom stereocenters. The Morgan fingerprint density at radius 1 is 0.958 bits per heavy atom. The lowest BCUT2D eigenvalue weighted by Crippen LogP contribution is -2.21. The molecule has 3 aromatic heterocycles. The second-order valence-corrected chi connectivity index (χ2v) is 5.78. The van der Waals surface area contributed by atoms with Gasteiger partial charge >= 0.3 is 0 Å². The minimum absolute atomic E-state index is 0.0117. The van der Waals surface area contributed by atoms with Crippen molar-refractivity contribution >= 4 is 21.8 Å². The molecule has 0 saturated carbocycles. The molecule has 4 aromatic rings. The van der Waals surface area contributed by atoms with Crippen LogP contribution in [0.4, 0.5) is 0 Å². The number of benzene rings is 1. The number of nitrogens with zero attached hydrogens (tertiary/aromatic N) is 3. The van der Waals surface area contributed by atoms with Crippen LogP contribution >= 0.6 is 0 Å². The van der Waals surface area contributed by atoms with Crippen molar-refractivity contribution in [2.75, 3.05) is 0 Å². The van der Waals surface area contributed by atoms with Crippen LogP contribution in [0, 0.1) is 0 Å². The number of fused-ring (bicyclic) bond motifs is 3. The number of rotatable bonds is 3. The van der Waals surface area contributed by atoms with Crippen molar-refractivity contribution in [2.45, 2.75) is 19.9 Å². The Kier molecular flexibility index (Phi) is 3.58. The highest BCUT2D eigenvalue weighted by atomic mass is 16.1. The first-order chi connectivity index (χ1) is 11.8. The van der Waals surface area contributed by atoms with E-state index in [0.717, 1.165) is 34.1 Å². The number of pyridine rings is 3. The van der Waals surface area contributed by atoms with Gasteiger partial charge in [-0.2, -0.15) is 0 Å². The van der Waals surface area contributed by atoms with E-state index in [4.69, 9.17) is 0 Å². The molecule has 0 spiro atoms. The normalized spacial score (nSPS) is 11.2. The van der Waals surface area contributed by atoms with E-state index in [1.165, 1.54) is 0 Å². The summed E-state index contributed by atoms with van der Waals surface area (Å²) in [5.74, 6) is 0. The van der Waals surface area contributed by atoms with Gasteiger partial charge in [-0.05, 0) is 24.6 Å². The van der Waals surface area contributed by atoms with Crippen molar-refractivity contribution in [1.82, 2.24) is 14.5 Å². The van der Waals surface area contributed by atoms with Gasteiger partial charge in [0.15, 0.2) is 0 Å². The molecule has 0 fully saturated rings. The standard InChI is InChI=1S/C20H17N3O/c1-2-13-23-16-10-12-22-18(14-7-4-3-5-8-14)17(16)19-15(20(23)24)9-6-11-21-19/h3-12H,2,13H2,1H3. The predicted molar refractivity (Wildman–Crippen MR) is 97.0 cm³/mol. The maximum Gasteiger partial charge on any atom is 0.260 e. The van der Waals surface area contributed by atoms with Crippen LogP contribution in [0.1, 0.15) is 13.3 Å². The molecule has 0 saturated heterocycles. The molecule has 24 heavy (non-hydrogen) atoms. The molecule has 0 aliphatic carbocycles. The first-order valence-electron chi connectivity index (χ1n) is 8.13. The summed E-state index contributed by atoms with van der Waals surface area (Å²) >= 11 is 0. The van der Waals surface area contributed by atoms with Crippen molar-refractivity contribution in [1.29, 1.82) is 0 Å². The van der Waals surface area contributed by atoms with E-state index in [0.29, 0.717) is 11.9 Å². The highest BCUT2D eigenvalue weighted by Crippen LogP contribution is 2.30. The summed E-state index contributed by atoms with van der Waals surface area (Å²) in [7, 11) is 0. The Hall–Kier alpha value is -3.01. The molecule has 0 bridgehead atoms. The lowest BCUT2D eigenvalue weighted by Gasteiger charge is -2.14. The second kappa shape index (κ2) is 5.89. The van der Waals surface area contributed by atoms with Gasteiger partial charge in [0.2, 0.25) is 0 Å². The Morgan fingerprint density at radius 3 is 2.58 bits per heavy atom. The third-order valence-corrected chi connectivity index (χ3v) is 4.23. The van der Waals surface area contributed by atoms with Gasteiger partial charge in [-0.25, -0.2) is 0 Å². The third-order valence-electron chi connectivity index (χ3n) is 4.23. The highest BCUT2D eigenvalue weighted by molar-refractivity contribution is 6.09. The summed E-state index contributed by atoms with van der Waals surface area (Å²) in [5.41, 5.74) is 3.51. The SMILES string of the molecule is CCCn1c(=O)c2cccnc2c2c(-c3ccccc3)nccc21. The van der Waals surface area contributed by atoms with Crippen LogP contribution in [0.5, 0.6) is 0 Å². The summed E-state index contributed by atoms with van der Waals surface area (Å²) in [4.78, 5) is 22.0. The number of aromatic nitrogens is 3. The number of hydrogen-bond donors (Lipinski definition) is 0. The van der Waals surface area contributed by atoms with E-state index < -0.39 is 0 Å². The Bertz CT molecular complexity index is 1080. The van der Waals surface area contributed by atoms with Gasteiger partial charge in [0, 0.05) is 24.5 Å². The Labute approximate surface area is 139 Å². The van der Waals surface area contributed by atoms with Crippen LogP contribution in [0.25, 0.3) is 33.1 Å². The van der Waals surface area contributed by atoms with Gasteiger partial charge in [0.1, 0.15) is 0 Å². The van der Waals surface area contributed by atoms with Crippen LogP contribution in [0.15, 0.2) is 65.7 Å². The topological polar surface area (TPSA) is 47.8 Å². The van der Waals surface area contributed by atoms with Crippen LogP contribution in [0.3, 0.4) is 0 Å². The predicted octanol–water partition coefficient (Wildman–Crippen LogP) is 4.02. The van der Waals surface area contributed by atoms with Gasteiger partial charge in [-0.3, -0.25) is 14.8 Å². The van der Waals surface area contributed by atoms with Crippen LogP contribution in [0.2, 0.25) is 0 Å². The summed E-state index contributed by atoms with van der Waals surface area (Å²) < 4.78 is 1.84. The van der Waals surface area contributed by atoms with E-state index in [-0.39, 0.29) is 5.56 Å². The summed E-state index contributed by atoms with van der Waals surface area (Å²) in [5, 5.41) is 1.58. The van der Waals surface area contributed by atoms with E-state index >= 15 is 0 Å². The van der Waals surface area contributed by atoms with E-state index in [9.17, 15) is 4.79 Å². The molecule has 4 rings (SSSR count). The zero-order valence-corrected chi connectivity index (χ0v) is 13.4. The zero-order chi connectivity index (χ0) is 16.5. The molecule has 0 amide bonds.